The van der Waals surface area contributed by atoms with Crippen molar-refractivity contribution in [3.8, 4) is 0 Å². The van der Waals surface area contributed by atoms with Gasteiger partial charge in [-0.05, 0) is 26.2 Å². The van der Waals surface area contributed by atoms with Crippen LogP contribution in [0.4, 0.5) is 18.3 Å². The Balaban J connectivity index is 1.99. The van der Waals surface area contributed by atoms with E-state index in [-0.39, 0.29) is 23.9 Å². The lowest BCUT2D eigenvalue weighted by atomic mass is 9.87. The Labute approximate surface area is 146 Å². The first-order chi connectivity index (χ1) is 11.8. The number of carbonyl (C=O) groups excluding carboxylic acids is 1. The summed E-state index contributed by atoms with van der Waals surface area (Å²) in [5.74, 6) is -1.84. The molecule has 0 radical (unpaired) electrons. The van der Waals surface area contributed by atoms with Crippen LogP contribution in [0.15, 0.2) is 10.5 Å². The quantitative estimate of drug-likeness (QED) is 0.818. The molecule has 0 aromatic carbocycles. The molecule has 1 saturated carbocycles. The Hall–Kier alpha value is -1.68. The normalized spacial score (nSPS) is 26.8. The predicted molar refractivity (Wildman–Crippen MR) is 85.6 cm³/mol. The molecule has 10 heteroatoms. The zero-order chi connectivity index (χ0) is 18.2. The first kappa shape index (κ1) is 18.1. The molecule has 2 atom stereocenters. The smallest absolute Gasteiger partial charge is 0.439 e. The molecule has 1 aliphatic heterocycles. The zero-order valence-corrected chi connectivity index (χ0v) is 14.4. The molecule has 0 unspecified atom stereocenters. The number of fused-ring (bicyclic) bond motifs is 1. The highest BCUT2D eigenvalue weighted by Gasteiger charge is 2.67. The van der Waals surface area contributed by atoms with Crippen LogP contribution in [0.2, 0.25) is 0 Å². The van der Waals surface area contributed by atoms with Gasteiger partial charge in [0, 0.05) is 11.1 Å². The van der Waals surface area contributed by atoms with Gasteiger partial charge in [0.1, 0.15) is 0 Å². The Morgan fingerprint density at radius 1 is 1.48 bits per heavy atom. The number of esters is 1. The standard InChI is InChI=1S/C15H18F3N3O3S/c1-2-24-12(22)11-8-25-13(19-11)21-14(23,15(16,17)18)9-6-4-3-5-7-10(9)20-21/h8-9,23H,2-7H2,1H3/t9-,14+/m0/s1. The van der Waals surface area contributed by atoms with E-state index in [0.29, 0.717) is 23.6 Å². The number of aromatic nitrogens is 1. The molecular weight excluding hydrogens is 359 g/mol. The number of hydrogen-bond acceptors (Lipinski definition) is 7. The van der Waals surface area contributed by atoms with Gasteiger partial charge in [-0.2, -0.15) is 23.3 Å². The lowest BCUT2D eigenvalue weighted by Gasteiger charge is -2.36. The van der Waals surface area contributed by atoms with Crippen LogP contribution in [-0.4, -0.2) is 40.3 Å². The van der Waals surface area contributed by atoms with Crippen LogP contribution < -0.4 is 5.01 Å². The molecule has 138 valence electrons. The Morgan fingerprint density at radius 3 is 2.92 bits per heavy atom. The summed E-state index contributed by atoms with van der Waals surface area (Å²) < 4.78 is 46.2. The summed E-state index contributed by atoms with van der Waals surface area (Å²) in [7, 11) is 0. The molecule has 1 aromatic heterocycles. The van der Waals surface area contributed by atoms with Crippen molar-refractivity contribution >= 4 is 28.1 Å². The van der Waals surface area contributed by atoms with Crippen molar-refractivity contribution in [2.75, 3.05) is 11.6 Å². The van der Waals surface area contributed by atoms with Crippen molar-refractivity contribution in [2.24, 2.45) is 11.0 Å². The van der Waals surface area contributed by atoms with E-state index in [1.54, 1.807) is 6.92 Å². The summed E-state index contributed by atoms with van der Waals surface area (Å²) in [5, 5.41) is 16.4. The van der Waals surface area contributed by atoms with Gasteiger partial charge in [-0.15, -0.1) is 11.3 Å². The van der Waals surface area contributed by atoms with Crippen molar-refractivity contribution < 1.29 is 27.8 Å². The van der Waals surface area contributed by atoms with Crippen LogP contribution in [0.5, 0.6) is 0 Å². The van der Waals surface area contributed by atoms with E-state index in [9.17, 15) is 23.1 Å². The zero-order valence-electron chi connectivity index (χ0n) is 13.5. The summed E-state index contributed by atoms with van der Waals surface area (Å²) in [5.41, 5.74) is -2.90. The molecule has 1 N–H and O–H groups in total. The molecule has 2 heterocycles. The maximum Gasteiger partial charge on any atom is 0.439 e. The van der Waals surface area contributed by atoms with Crippen LogP contribution in [0, 0.1) is 5.92 Å². The van der Waals surface area contributed by atoms with Crippen molar-refractivity contribution in [3.63, 3.8) is 0 Å². The number of aliphatic hydroxyl groups is 1. The molecule has 25 heavy (non-hydrogen) atoms. The molecule has 1 aromatic rings. The number of rotatable bonds is 3. The lowest BCUT2D eigenvalue weighted by Crippen LogP contribution is -2.60. The van der Waals surface area contributed by atoms with Crippen molar-refractivity contribution in [1.82, 2.24) is 4.98 Å². The number of hydrazone groups is 1. The van der Waals surface area contributed by atoms with E-state index in [1.807, 2.05) is 0 Å². The maximum atomic E-state index is 13.8. The van der Waals surface area contributed by atoms with Gasteiger partial charge in [0.25, 0.3) is 5.72 Å². The number of hydrogen-bond donors (Lipinski definition) is 1. The molecule has 1 aliphatic carbocycles. The molecule has 2 aliphatic rings. The molecule has 1 fully saturated rings. The largest absolute Gasteiger partial charge is 0.461 e. The SMILES string of the molecule is CCOC(=O)c1csc(N2N=C3CCCCC[C@@H]3[C@@]2(O)C(F)(F)F)n1. The van der Waals surface area contributed by atoms with Crippen LogP contribution in [0.1, 0.15) is 49.5 Å². The summed E-state index contributed by atoms with van der Waals surface area (Å²) in [6.07, 6.45) is -2.14. The van der Waals surface area contributed by atoms with Crippen molar-refractivity contribution in [3.05, 3.63) is 11.1 Å². The summed E-state index contributed by atoms with van der Waals surface area (Å²) in [4.78, 5) is 15.6. The van der Waals surface area contributed by atoms with Gasteiger partial charge in [0.15, 0.2) is 5.69 Å². The van der Waals surface area contributed by atoms with Gasteiger partial charge in [-0.3, -0.25) is 0 Å². The lowest BCUT2D eigenvalue weighted by molar-refractivity contribution is -0.268. The number of alkyl halides is 3. The van der Waals surface area contributed by atoms with Crippen molar-refractivity contribution in [1.29, 1.82) is 0 Å². The molecule has 0 amide bonds. The van der Waals surface area contributed by atoms with Gasteiger partial charge in [0.05, 0.1) is 12.5 Å². The molecule has 0 spiro atoms. The van der Waals surface area contributed by atoms with E-state index < -0.39 is 23.8 Å². The Morgan fingerprint density at radius 2 is 2.24 bits per heavy atom. The minimum atomic E-state index is -4.91. The van der Waals surface area contributed by atoms with Crippen LogP contribution in [-0.2, 0) is 4.74 Å². The second-order valence-corrected chi connectivity index (χ2v) is 6.85. The van der Waals surface area contributed by atoms with Gasteiger partial charge >= 0.3 is 12.1 Å². The molecule has 3 rings (SSSR count). The highest BCUT2D eigenvalue weighted by molar-refractivity contribution is 7.14. The summed E-state index contributed by atoms with van der Waals surface area (Å²) >= 11 is 0.817. The molecular formula is C15H18F3N3O3S. The van der Waals surface area contributed by atoms with Crippen LogP contribution in [0.3, 0.4) is 0 Å². The fourth-order valence-corrected chi connectivity index (χ4v) is 4.04. The second-order valence-electron chi connectivity index (χ2n) is 6.01. The average molecular weight is 377 g/mol. The third-order valence-electron chi connectivity index (χ3n) is 4.44. The highest BCUT2D eigenvalue weighted by Crippen LogP contribution is 2.49. The van der Waals surface area contributed by atoms with Crippen LogP contribution in [0.25, 0.3) is 0 Å². The maximum absolute atomic E-state index is 13.8. The second kappa shape index (κ2) is 6.56. The Kier molecular flexibility index (Phi) is 4.76. The summed E-state index contributed by atoms with van der Waals surface area (Å²) in [6.45, 7) is 1.75. The number of thiazole rings is 1. The molecule has 0 bridgehead atoms. The minimum absolute atomic E-state index is 0.0985. The predicted octanol–water partition coefficient (Wildman–Crippen LogP) is 3.33. The fourth-order valence-electron chi connectivity index (χ4n) is 3.24. The van der Waals surface area contributed by atoms with Gasteiger partial charge in [-0.1, -0.05) is 12.8 Å². The third kappa shape index (κ3) is 3.01. The molecule has 6 nitrogen and oxygen atoms in total. The average Bonchev–Trinajstić information content (AvgIpc) is 3.04. The number of ether oxygens (including phenoxy) is 1. The fraction of sp³-hybridized carbons (Fsp3) is 0.667. The van der Waals surface area contributed by atoms with E-state index in [1.165, 1.54) is 5.38 Å². The third-order valence-corrected chi connectivity index (χ3v) is 5.26. The van der Waals surface area contributed by atoms with E-state index >= 15 is 0 Å². The van der Waals surface area contributed by atoms with Crippen LogP contribution >= 0.6 is 11.3 Å². The highest BCUT2D eigenvalue weighted by atomic mass is 32.1. The number of carbonyl (C=O) groups is 1. The van der Waals surface area contributed by atoms with E-state index in [0.717, 1.165) is 24.2 Å². The summed E-state index contributed by atoms with van der Waals surface area (Å²) in [6, 6.07) is 0. The minimum Gasteiger partial charge on any atom is -0.461 e. The van der Waals surface area contributed by atoms with Gasteiger partial charge in [-0.25, -0.2) is 9.78 Å². The number of anilines is 1. The number of halogens is 3. The topological polar surface area (TPSA) is 75.0 Å². The van der Waals surface area contributed by atoms with Gasteiger partial charge in [0.2, 0.25) is 5.13 Å². The van der Waals surface area contributed by atoms with Crippen molar-refractivity contribution in [2.45, 2.75) is 50.9 Å². The first-order valence-corrected chi connectivity index (χ1v) is 8.96. The Bertz CT molecular complexity index is 691. The number of nitrogens with zero attached hydrogens (tertiary/aromatic N) is 3. The first-order valence-electron chi connectivity index (χ1n) is 8.08. The monoisotopic (exact) mass is 377 g/mol. The van der Waals surface area contributed by atoms with E-state index in [4.69, 9.17) is 4.74 Å². The van der Waals surface area contributed by atoms with E-state index in [2.05, 4.69) is 10.1 Å². The van der Waals surface area contributed by atoms with Gasteiger partial charge < -0.3 is 9.84 Å². The molecule has 0 saturated heterocycles.